The van der Waals surface area contributed by atoms with E-state index < -0.39 is 5.91 Å². The summed E-state index contributed by atoms with van der Waals surface area (Å²) in [6, 6.07) is 18.8. The van der Waals surface area contributed by atoms with Crippen LogP contribution in [0, 0.1) is 0 Å². The molecule has 2 aromatic heterocycles. The monoisotopic (exact) mass is 418 g/mol. The van der Waals surface area contributed by atoms with E-state index in [1.54, 1.807) is 59.9 Å². The maximum absolute atomic E-state index is 12.5. The van der Waals surface area contributed by atoms with E-state index in [9.17, 15) is 14.4 Å². The molecule has 0 spiro atoms. The lowest BCUT2D eigenvalue weighted by atomic mass is 10.1. The number of hydrogen-bond acceptors (Lipinski definition) is 5. The first kappa shape index (κ1) is 19.6. The molecule has 0 aliphatic heterocycles. The van der Waals surface area contributed by atoms with Crippen molar-refractivity contribution >= 4 is 39.8 Å². The van der Waals surface area contributed by atoms with Crippen molar-refractivity contribution in [1.82, 2.24) is 5.32 Å². The molecule has 0 bridgehead atoms. The largest absolute Gasteiger partial charge is 0.451 e. The second-order valence-electron chi connectivity index (χ2n) is 6.65. The van der Waals surface area contributed by atoms with Crippen LogP contribution in [-0.4, -0.2) is 11.8 Å². The van der Waals surface area contributed by atoms with E-state index in [0.29, 0.717) is 23.2 Å². The Kier molecular flexibility index (Phi) is 5.72. The lowest BCUT2D eigenvalue weighted by Crippen LogP contribution is -2.24. The molecule has 2 heterocycles. The number of fused-ring (bicyclic) bond motifs is 1. The van der Waals surface area contributed by atoms with E-state index in [0.717, 1.165) is 10.4 Å². The molecule has 30 heavy (non-hydrogen) atoms. The second-order valence-corrected chi connectivity index (χ2v) is 7.69. The van der Waals surface area contributed by atoms with Crippen LogP contribution in [-0.2, 0) is 17.8 Å². The van der Waals surface area contributed by atoms with Gasteiger partial charge in [-0.25, -0.2) is 0 Å². The average molecular weight is 418 g/mol. The highest BCUT2D eigenvalue weighted by Gasteiger charge is 2.13. The summed E-state index contributed by atoms with van der Waals surface area (Å²) in [6.07, 6.45) is 0.249. The molecule has 7 heteroatoms. The van der Waals surface area contributed by atoms with Gasteiger partial charge in [-0.1, -0.05) is 30.3 Å². The summed E-state index contributed by atoms with van der Waals surface area (Å²) >= 11 is 1.60. The van der Waals surface area contributed by atoms with Gasteiger partial charge in [-0.2, -0.15) is 0 Å². The lowest BCUT2D eigenvalue weighted by Gasteiger charge is -2.07. The number of rotatable bonds is 6. The third-order valence-electron chi connectivity index (χ3n) is 4.47. The maximum atomic E-state index is 12.5. The van der Waals surface area contributed by atoms with Crippen LogP contribution in [0.4, 0.5) is 5.69 Å². The normalized spacial score (nSPS) is 10.7. The van der Waals surface area contributed by atoms with E-state index in [1.165, 1.54) is 6.07 Å². The summed E-state index contributed by atoms with van der Waals surface area (Å²) in [5.41, 5.74) is 1.46. The Morgan fingerprint density at radius 1 is 0.967 bits per heavy atom. The van der Waals surface area contributed by atoms with Crippen molar-refractivity contribution in [3.05, 3.63) is 98.5 Å². The first-order valence-corrected chi connectivity index (χ1v) is 10.2. The summed E-state index contributed by atoms with van der Waals surface area (Å²) in [4.78, 5) is 37.8. The third kappa shape index (κ3) is 4.64. The van der Waals surface area contributed by atoms with Crippen LogP contribution in [0.1, 0.15) is 21.0 Å². The molecule has 2 amide bonds. The molecule has 0 unspecified atom stereocenters. The number of benzene rings is 2. The van der Waals surface area contributed by atoms with Crippen molar-refractivity contribution in [3.8, 4) is 0 Å². The van der Waals surface area contributed by atoms with E-state index >= 15 is 0 Å². The summed E-state index contributed by atoms with van der Waals surface area (Å²) in [5, 5.41) is 7.98. The van der Waals surface area contributed by atoms with Crippen LogP contribution >= 0.6 is 11.3 Å². The van der Waals surface area contributed by atoms with E-state index in [4.69, 9.17) is 4.42 Å². The van der Waals surface area contributed by atoms with Crippen molar-refractivity contribution in [3.63, 3.8) is 0 Å². The van der Waals surface area contributed by atoms with Gasteiger partial charge in [0.2, 0.25) is 5.91 Å². The van der Waals surface area contributed by atoms with Crippen molar-refractivity contribution in [1.29, 1.82) is 0 Å². The van der Waals surface area contributed by atoms with Gasteiger partial charge in [0.05, 0.1) is 18.4 Å². The van der Waals surface area contributed by atoms with Gasteiger partial charge < -0.3 is 15.1 Å². The fourth-order valence-corrected chi connectivity index (χ4v) is 3.61. The zero-order valence-corrected chi connectivity index (χ0v) is 16.7. The molecule has 4 aromatic rings. The van der Waals surface area contributed by atoms with Gasteiger partial charge in [0.15, 0.2) is 11.2 Å². The number of carbonyl (C=O) groups excluding carboxylic acids is 2. The number of carbonyl (C=O) groups is 2. The van der Waals surface area contributed by atoms with Gasteiger partial charge in [0.1, 0.15) is 5.58 Å². The fourth-order valence-electron chi connectivity index (χ4n) is 2.96. The summed E-state index contributed by atoms with van der Waals surface area (Å²) < 4.78 is 5.55. The zero-order chi connectivity index (χ0) is 20.9. The van der Waals surface area contributed by atoms with Crippen LogP contribution < -0.4 is 16.1 Å². The minimum atomic E-state index is -0.515. The van der Waals surface area contributed by atoms with Crippen LogP contribution in [0.25, 0.3) is 11.0 Å². The molecule has 0 atom stereocenters. The Morgan fingerprint density at radius 2 is 1.77 bits per heavy atom. The van der Waals surface area contributed by atoms with Gasteiger partial charge in [-0.15, -0.1) is 11.3 Å². The molecule has 0 radical (unpaired) electrons. The summed E-state index contributed by atoms with van der Waals surface area (Å²) in [5.74, 6) is -0.645. The second kappa shape index (κ2) is 8.75. The summed E-state index contributed by atoms with van der Waals surface area (Å²) in [7, 11) is 0. The predicted octanol–water partition coefficient (Wildman–Crippen LogP) is 3.97. The van der Waals surface area contributed by atoms with Gasteiger partial charge in [0.25, 0.3) is 5.91 Å². The number of thiophene rings is 1. The van der Waals surface area contributed by atoms with Crippen LogP contribution in [0.5, 0.6) is 0 Å². The van der Waals surface area contributed by atoms with Crippen molar-refractivity contribution in [2.45, 2.75) is 13.0 Å². The lowest BCUT2D eigenvalue weighted by molar-refractivity contribution is -0.120. The van der Waals surface area contributed by atoms with Crippen molar-refractivity contribution in [2.24, 2.45) is 0 Å². The molecule has 2 N–H and O–H groups in total. The van der Waals surface area contributed by atoms with E-state index in [1.807, 2.05) is 17.5 Å². The highest BCUT2D eigenvalue weighted by Crippen LogP contribution is 2.15. The molecule has 150 valence electrons. The molecule has 0 saturated heterocycles. The van der Waals surface area contributed by atoms with Crippen molar-refractivity contribution in [2.75, 3.05) is 5.32 Å². The van der Waals surface area contributed by atoms with Crippen LogP contribution in [0.3, 0.4) is 0 Å². The van der Waals surface area contributed by atoms with Gasteiger partial charge in [0, 0.05) is 16.6 Å². The number of para-hydroxylation sites is 1. The number of anilines is 1. The Morgan fingerprint density at radius 3 is 2.53 bits per heavy atom. The Hall–Kier alpha value is -3.71. The molecule has 4 rings (SSSR count). The summed E-state index contributed by atoms with van der Waals surface area (Å²) in [6.45, 7) is 0.515. The first-order chi connectivity index (χ1) is 14.6. The predicted molar refractivity (Wildman–Crippen MR) is 117 cm³/mol. The van der Waals surface area contributed by atoms with Gasteiger partial charge in [-0.3, -0.25) is 14.4 Å². The molecule has 2 aromatic carbocycles. The number of hydrogen-bond donors (Lipinski definition) is 2. The highest BCUT2D eigenvalue weighted by atomic mass is 32.1. The zero-order valence-electron chi connectivity index (χ0n) is 15.9. The quantitative estimate of drug-likeness (QED) is 0.496. The van der Waals surface area contributed by atoms with E-state index in [2.05, 4.69) is 10.6 Å². The van der Waals surface area contributed by atoms with Crippen molar-refractivity contribution < 1.29 is 14.0 Å². The van der Waals surface area contributed by atoms with Gasteiger partial charge in [-0.05, 0) is 41.3 Å². The molecule has 0 saturated carbocycles. The Balaban J connectivity index is 1.38. The fraction of sp³-hybridized carbons (Fsp3) is 0.0870. The maximum Gasteiger partial charge on any atom is 0.291 e. The van der Waals surface area contributed by atoms with E-state index in [-0.39, 0.29) is 23.5 Å². The molecule has 0 aliphatic rings. The molecule has 0 aliphatic carbocycles. The van der Waals surface area contributed by atoms with Gasteiger partial charge >= 0.3 is 0 Å². The minimum Gasteiger partial charge on any atom is -0.451 e. The van der Waals surface area contributed by atoms with Crippen LogP contribution in [0.15, 0.2) is 81.3 Å². The molecular formula is C23H18N2O4S. The molecular weight excluding hydrogens is 400 g/mol. The molecule has 0 fully saturated rings. The average Bonchev–Trinajstić information content (AvgIpc) is 3.27. The first-order valence-electron chi connectivity index (χ1n) is 9.31. The number of amides is 2. The number of nitrogens with one attached hydrogen (secondary N) is 2. The molecule has 6 nitrogen and oxygen atoms in total. The van der Waals surface area contributed by atoms with Crippen LogP contribution in [0.2, 0.25) is 0 Å². The Bertz CT molecular complexity index is 1240. The smallest absolute Gasteiger partial charge is 0.291 e. The SMILES string of the molecule is O=C(Cc1ccc(NC(=O)c2cc(=O)c3ccccc3o2)cc1)NCc1cccs1. The highest BCUT2D eigenvalue weighted by molar-refractivity contribution is 7.09. The topological polar surface area (TPSA) is 88.4 Å². The minimum absolute atomic E-state index is 0.0595. The third-order valence-corrected chi connectivity index (χ3v) is 5.35. The Labute approximate surface area is 176 Å². The standard InChI is InChI=1S/C23H18N2O4S/c26-19-13-21(29-20-6-2-1-5-18(19)20)23(28)25-16-9-7-15(8-10-16)12-22(27)24-14-17-4-3-11-30-17/h1-11,13H,12,14H2,(H,24,27)(H,25,28).